The normalized spacial score (nSPS) is 30.0. The Labute approximate surface area is 120 Å². The van der Waals surface area contributed by atoms with Gasteiger partial charge in [-0.1, -0.05) is 6.92 Å². The van der Waals surface area contributed by atoms with Crippen LogP contribution in [0.5, 0.6) is 0 Å². The van der Waals surface area contributed by atoms with Crippen LogP contribution in [-0.2, 0) is 9.59 Å². The average Bonchev–Trinajstić information content (AvgIpc) is 2.48. The first-order valence-electron chi connectivity index (χ1n) is 7.67. The number of carbonyl (C=O) groups excluding carboxylic acids is 1. The molecule has 0 spiro atoms. The number of hydrogen-bond acceptors (Lipinski definition) is 3. The maximum atomic E-state index is 12.8. The number of carboxylic acid groups (broad SMARTS) is 1. The maximum Gasteiger partial charge on any atom is 0.309 e. The zero-order valence-electron chi connectivity index (χ0n) is 12.6. The molecule has 2 saturated heterocycles. The van der Waals surface area contributed by atoms with Crippen molar-refractivity contribution < 1.29 is 14.7 Å². The van der Waals surface area contributed by atoms with Gasteiger partial charge in [-0.05, 0) is 45.6 Å². The molecule has 0 aromatic rings. The van der Waals surface area contributed by atoms with Crippen molar-refractivity contribution in [3.05, 3.63) is 0 Å². The van der Waals surface area contributed by atoms with Gasteiger partial charge in [0.25, 0.3) is 0 Å². The summed E-state index contributed by atoms with van der Waals surface area (Å²) in [5.74, 6) is -0.520. The Morgan fingerprint density at radius 1 is 1.25 bits per heavy atom. The zero-order chi connectivity index (χ0) is 14.8. The minimum atomic E-state index is -0.742. The summed E-state index contributed by atoms with van der Waals surface area (Å²) in [5.41, 5.74) is -0.934. The number of hydrogen-bond donors (Lipinski definition) is 2. The third-order valence-electron chi connectivity index (χ3n) is 5.27. The molecular weight excluding hydrogens is 256 g/mol. The molecular formula is C15H26N2O3. The summed E-state index contributed by atoms with van der Waals surface area (Å²) in [7, 11) is 0. The van der Waals surface area contributed by atoms with E-state index in [2.05, 4.69) is 12.2 Å². The number of amides is 1. The van der Waals surface area contributed by atoms with Gasteiger partial charge in [0.15, 0.2) is 0 Å². The number of carboxylic acids is 1. The molecule has 1 atom stereocenters. The number of nitrogens with one attached hydrogen (secondary N) is 1. The molecule has 0 saturated carbocycles. The summed E-state index contributed by atoms with van der Waals surface area (Å²) in [6.07, 6.45) is 3.95. The van der Waals surface area contributed by atoms with Gasteiger partial charge in [0, 0.05) is 19.6 Å². The number of aliphatic carboxylic acids is 1. The maximum absolute atomic E-state index is 12.8. The van der Waals surface area contributed by atoms with E-state index in [0.717, 1.165) is 32.4 Å². The van der Waals surface area contributed by atoms with Crippen LogP contribution in [0.2, 0.25) is 0 Å². The molecule has 2 aliphatic heterocycles. The van der Waals surface area contributed by atoms with Crippen LogP contribution in [-0.4, -0.2) is 48.1 Å². The molecule has 20 heavy (non-hydrogen) atoms. The van der Waals surface area contributed by atoms with Gasteiger partial charge in [0.1, 0.15) is 0 Å². The third-order valence-corrected chi connectivity index (χ3v) is 5.27. The SMILES string of the molecule is CCC1(C(=O)N2CCC(C)(C(=O)O)CC2)CCCNC1. The topological polar surface area (TPSA) is 69.6 Å². The summed E-state index contributed by atoms with van der Waals surface area (Å²) >= 11 is 0. The van der Waals surface area contributed by atoms with Gasteiger partial charge in [-0.15, -0.1) is 0 Å². The molecule has 0 aliphatic carbocycles. The van der Waals surface area contributed by atoms with E-state index in [9.17, 15) is 14.7 Å². The van der Waals surface area contributed by atoms with Gasteiger partial charge in [0.05, 0.1) is 10.8 Å². The summed E-state index contributed by atoms with van der Waals surface area (Å²) < 4.78 is 0. The fraction of sp³-hybridized carbons (Fsp3) is 0.867. The number of likely N-dealkylation sites (tertiary alicyclic amines) is 1. The van der Waals surface area contributed by atoms with Crippen LogP contribution in [0.3, 0.4) is 0 Å². The minimum absolute atomic E-state index is 0.222. The standard InChI is InChI=1S/C15H26N2O3/c1-3-15(5-4-8-16-11-15)12(18)17-9-6-14(2,7-10-17)13(19)20/h16H,3-11H2,1-2H3,(H,19,20). The van der Waals surface area contributed by atoms with Crippen LogP contribution < -0.4 is 5.32 Å². The molecule has 2 aliphatic rings. The predicted molar refractivity (Wildman–Crippen MR) is 76.4 cm³/mol. The molecule has 1 unspecified atom stereocenters. The summed E-state index contributed by atoms with van der Waals surface area (Å²) in [6, 6.07) is 0. The molecule has 0 aromatic carbocycles. The number of piperidine rings is 2. The Hall–Kier alpha value is -1.10. The van der Waals surface area contributed by atoms with Crippen LogP contribution in [0, 0.1) is 10.8 Å². The molecule has 2 heterocycles. The van der Waals surface area contributed by atoms with E-state index in [0.29, 0.717) is 25.9 Å². The molecule has 1 amide bonds. The fourth-order valence-corrected chi connectivity index (χ4v) is 3.36. The summed E-state index contributed by atoms with van der Waals surface area (Å²) in [6.45, 7) is 6.76. The number of carbonyl (C=O) groups is 2. The Kier molecular flexibility index (Phi) is 4.37. The summed E-state index contributed by atoms with van der Waals surface area (Å²) in [4.78, 5) is 26.0. The zero-order valence-corrected chi connectivity index (χ0v) is 12.6. The van der Waals surface area contributed by atoms with Gasteiger partial charge in [0.2, 0.25) is 5.91 Å². The van der Waals surface area contributed by atoms with Gasteiger partial charge in [-0.25, -0.2) is 0 Å². The van der Waals surface area contributed by atoms with Crippen molar-refractivity contribution >= 4 is 11.9 Å². The predicted octanol–water partition coefficient (Wildman–Crippen LogP) is 1.48. The molecule has 0 radical (unpaired) electrons. The Morgan fingerprint density at radius 3 is 2.35 bits per heavy atom. The molecule has 5 nitrogen and oxygen atoms in total. The van der Waals surface area contributed by atoms with E-state index in [1.54, 1.807) is 6.92 Å². The second-order valence-electron chi connectivity index (χ2n) is 6.57. The first-order valence-corrected chi connectivity index (χ1v) is 7.67. The van der Waals surface area contributed by atoms with E-state index in [1.807, 2.05) is 4.90 Å². The Balaban J connectivity index is 2.02. The quantitative estimate of drug-likeness (QED) is 0.822. The first kappa shape index (κ1) is 15.3. The van der Waals surface area contributed by atoms with Gasteiger partial charge < -0.3 is 15.3 Å². The van der Waals surface area contributed by atoms with Crippen molar-refractivity contribution in [2.45, 2.75) is 46.0 Å². The number of nitrogens with zero attached hydrogens (tertiary/aromatic N) is 1. The molecule has 114 valence electrons. The number of rotatable bonds is 3. The molecule has 5 heteroatoms. The van der Waals surface area contributed by atoms with E-state index in [1.165, 1.54) is 0 Å². The van der Waals surface area contributed by atoms with Crippen molar-refractivity contribution in [1.82, 2.24) is 10.2 Å². The lowest BCUT2D eigenvalue weighted by atomic mass is 9.75. The lowest BCUT2D eigenvalue weighted by molar-refractivity contribution is -0.156. The van der Waals surface area contributed by atoms with Crippen LogP contribution in [0.15, 0.2) is 0 Å². The largest absolute Gasteiger partial charge is 0.481 e. The molecule has 2 rings (SSSR count). The van der Waals surface area contributed by atoms with E-state index in [-0.39, 0.29) is 11.3 Å². The fourth-order valence-electron chi connectivity index (χ4n) is 3.36. The highest BCUT2D eigenvalue weighted by Crippen LogP contribution is 2.36. The van der Waals surface area contributed by atoms with E-state index >= 15 is 0 Å². The lowest BCUT2D eigenvalue weighted by Gasteiger charge is -2.43. The van der Waals surface area contributed by atoms with Crippen LogP contribution in [0.4, 0.5) is 0 Å². The van der Waals surface area contributed by atoms with Crippen LogP contribution >= 0.6 is 0 Å². The summed E-state index contributed by atoms with van der Waals surface area (Å²) in [5, 5.41) is 12.6. The highest BCUT2D eigenvalue weighted by atomic mass is 16.4. The van der Waals surface area contributed by atoms with Crippen molar-refractivity contribution in [2.75, 3.05) is 26.2 Å². The second-order valence-corrected chi connectivity index (χ2v) is 6.57. The average molecular weight is 282 g/mol. The molecule has 0 bridgehead atoms. The minimum Gasteiger partial charge on any atom is -0.481 e. The van der Waals surface area contributed by atoms with E-state index in [4.69, 9.17) is 0 Å². The van der Waals surface area contributed by atoms with E-state index < -0.39 is 11.4 Å². The Bertz CT molecular complexity index is 381. The first-order chi connectivity index (χ1) is 9.43. The van der Waals surface area contributed by atoms with Crippen LogP contribution in [0.1, 0.15) is 46.0 Å². The van der Waals surface area contributed by atoms with Crippen molar-refractivity contribution in [2.24, 2.45) is 10.8 Å². The lowest BCUT2D eigenvalue weighted by Crippen LogP contribution is -2.54. The van der Waals surface area contributed by atoms with Gasteiger partial charge in [-0.2, -0.15) is 0 Å². The molecule has 0 aromatic heterocycles. The van der Waals surface area contributed by atoms with Gasteiger partial charge in [-0.3, -0.25) is 9.59 Å². The smallest absolute Gasteiger partial charge is 0.309 e. The van der Waals surface area contributed by atoms with Crippen molar-refractivity contribution in [1.29, 1.82) is 0 Å². The van der Waals surface area contributed by atoms with Crippen LogP contribution in [0.25, 0.3) is 0 Å². The van der Waals surface area contributed by atoms with Gasteiger partial charge >= 0.3 is 5.97 Å². The Morgan fingerprint density at radius 2 is 1.90 bits per heavy atom. The highest BCUT2D eigenvalue weighted by molar-refractivity contribution is 5.83. The molecule has 2 fully saturated rings. The van der Waals surface area contributed by atoms with Crippen molar-refractivity contribution in [3.63, 3.8) is 0 Å². The third kappa shape index (κ3) is 2.68. The highest BCUT2D eigenvalue weighted by Gasteiger charge is 2.44. The second kappa shape index (κ2) is 5.72. The van der Waals surface area contributed by atoms with Crippen molar-refractivity contribution in [3.8, 4) is 0 Å². The molecule has 2 N–H and O–H groups in total. The monoisotopic (exact) mass is 282 g/mol.